The van der Waals surface area contributed by atoms with Gasteiger partial charge >= 0.3 is 0 Å². The normalized spacial score (nSPS) is 11.0. The summed E-state index contributed by atoms with van der Waals surface area (Å²) in [4.78, 5) is 10.7. The van der Waals surface area contributed by atoms with Gasteiger partial charge in [-0.1, -0.05) is 30.4 Å². The first-order chi connectivity index (χ1) is 8.84. The summed E-state index contributed by atoms with van der Waals surface area (Å²) in [5, 5.41) is 2.49. The number of benzene rings is 1. The molecule has 0 bridgehead atoms. The molecule has 19 heavy (non-hydrogen) atoms. The predicted octanol–water partition coefficient (Wildman–Crippen LogP) is -0.265. The van der Waals surface area contributed by atoms with Crippen molar-refractivity contribution >= 4 is 33.1 Å². The molecule has 8 heteroatoms. The van der Waals surface area contributed by atoms with E-state index >= 15 is 0 Å². The fourth-order valence-corrected chi connectivity index (χ4v) is 2.90. The summed E-state index contributed by atoms with van der Waals surface area (Å²) in [6.07, 6.45) is 0. The third-order valence-electron chi connectivity index (χ3n) is 2.23. The fraction of sp³-hybridized carbons (Fsp3) is 0.273. The van der Waals surface area contributed by atoms with Gasteiger partial charge in [-0.15, -0.1) is 0 Å². The zero-order chi connectivity index (χ0) is 14.5. The Balaban J connectivity index is 2.83. The van der Waals surface area contributed by atoms with Gasteiger partial charge in [0, 0.05) is 25.6 Å². The average Bonchev–Trinajstić information content (AvgIpc) is 2.34. The van der Waals surface area contributed by atoms with Crippen molar-refractivity contribution in [1.82, 2.24) is 10.0 Å². The number of amides is 1. The van der Waals surface area contributed by atoms with Crippen LogP contribution >= 0.6 is 12.2 Å². The van der Waals surface area contributed by atoms with Crippen LogP contribution in [0.25, 0.3) is 0 Å². The van der Waals surface area contributed by atoms with Crippen molar-refractivity contribution in [2.75, 3.05) is 13.1 Å². The van der Waals surface area contributed by atoms with E-state index in [0.29, 0.717) is 5.56 Å². The highest BCUT2D eigenvalue weighted by molar-refractivity contribution is 7.89. The molecule has 1 aromatic carbocycles. The molecule has 0 aliphatic rings. The average molecular weight is 301 g/mol. The minimum atomic E-state index is -3.70. The molecular formula is C11H15N3O3S2. The van der Waals surface area contributed by atoms with Crippen molar-refractivity contribution < 1.29 is 13.2 Å². The van der Waals surface area contributed by atoms with Gasteiger partial charge in [0.05, 0.1) is 4.90 Å². The number of hydrogen-bond acceptors (Lipinski definition) is 4. The lowest BCUT2D eigenvalue weighted by Crippen LogP contribution is -2.34. The van der Waals surface area contributed by atoms with Crippen LogP contribution in [0.1, 0.15) is 12.5 Å². The summed E-state index contributed by atoms with van der Waals surface area (Å²) in [6, 6.07) is 6.22. The largest absolute Gasteiger partial charge is 0.389 e. The number of carbonyl (C=O) groups is 1. The molecule has 1 aromatic rings. The van der Waals surface area contributed by atoms with Crippen LogP contribution in [0.15, 0.2) is 29.2 Å². The van der Waals surface area contributed by atoms with Crippen LogP contribution in [0.5, 0.6) is 0 Å². The number of hydrogen-bond donors (Lipinski definition) is 3. The zero-order valence-corrected chi connectivity index (χ0v) is 12.0. The zero-order valence-electron chi connectivity index (χ0n) is 10.3. The molecule has 0 saturated heterocycles. The first-order valence-electron chi connectivity index (χ1n) is 5.47. The summed E-state index contributed by atoms with van der Waals surface area (Å²) in [5.74, 6) is -0.220. The third kappa shape index (κ3) is 4.58. The lowest BCUT2D eigenvalue weighted by atomic mass is 10.2. The predicted molar refractivity (Wildman–Crippen MR) is 76.2 cm³/mol. The lowest BCUT2D eigenvalue weighted by Gasteiger charge is -2.10. The maximum atomic E-state index is 12.1. The van der Waals surface area contributed by atoms with E-state index in [4.69, 9.17) is 18.0 Å². The second kappa shape index (κ2) is 6.60. The molecule has 6 nitrogen and oxygen atoms in total. The van der Waals surface area contributed by atoms with Crippen molar-refractivity contribution in [3.05, 3.63) is 29.8 Å². The molecule has 0 fully saturated rings. The summed E-state index contributed by atoms with van der Waals surface area (Å²) in [7, 11) is -3.70. The summed E-state index contributed by atoms with van der Waals surface area (Å²) < 4.78 is 26.5. The van der Waals surface area contributed by atoms with E-state index in [1.807, 2.05) is 0 Å². The van der Waals surface area contributed by atoms with Gasteiger partial charge < -0.3 is 11.1 Å². The van der Waals surface area contributed by atoms with Crippen molar-refractivity contribution in [2.24, 2.45) is 5.73 Å². The maximum absolute atomic E-state index is 12.1. The van der Waals surface area contributed by atoms with Crippen LogP contribution in [-0.4, -0.2) is 32.4 Å². The quantitative estimate of drug-likeness (QED) is 0.496. The molecule has 0 aliphatic carbocycles. The van der Waals surface area contributed by atoms with E-state index < -0.39 is 10.0 Å². The van der Waals surface area contributed by atoms with Gasteiger partial charge in [-0.2, -0.15) is 0 Å². The van der Waals surface area contributed by atoms with Crippen LogP contribution in [0.4, 0.5) is 0 Å². The van der Waals surface area contributed by atoms with Crippen LogP contribution in [0, 0.1) is 0 Å². The topological polar surface area (TPSA) is 101 Å². The fourth-order valence-electron chi connectivity index (χ4n) is 1.41. The van der Waals surface area contributed by atoms with Crippen LogP contribution in [0.2, 0.25) is 0 Å². The molecule has 104 valence electrons. The Bertz CT molecular complexity index is 585. The van der Waals surface area contributed by atoms with Gasteiger partial charge in [0.1, 0.15) is 4.99 Å². The summed E-state index contributed by atoms with van der Waals surface area (Å²) >= 11 is 4.82. The van der Waals surface area contributed by atoms with E-state index in [1.54, 1.807) is 18.2 Å². The number of rotatable bonds is 6. The number of carbonyl (C=O) groups excluding carboxylic acids is 1. The minimum Gasteiger partial charge on any atom is -0.389 e. The minimum absolute atomic E-state index is 0.0165. The Hall–Kier alpha value is -1.51. The van der Waals surface area contributed by atoms with Gasteiger partial charge in [0.15, 0.2) is 0 Å². The lowest BCUT2D eigenvalue weighted by molar-refractivity contribution is -0.118. The highest BCUT2D eigenvalue weighted by Gasteiger charge is 2.18. The Morgan fingerprint density at radius 1 is 1.32 bits per heavy atom. The number of thiocarbonyl (C=S) groups is 1. The van der Waals surface area contributed by atoms with Gasteiger partial charge in [-0.25, -0.2) is 13.1 Å². The smallest absolute Gasteiger partial charge is 0.241 e. The van der Waals surface area contributed by atoms with E-state index in [-0.39, 0.29) is 28.9 Å². The van der Waals surface area contributed by atoms with E-state index in [1.165, 1.54) is 13.0 Å². The molecule has 0 atom stereocenters. The molecule has 0 spiro atoms. The molecule has 0 saturated carbocycles. The van der Waals surface area contributed by atoms with E-state index in [0.717, 1.165) is 0 Å². The highest BCUT2D eigenvalue weighted by atomic mass is 32.2. The molecular weight excluding hydrogens is 286 g/mol. The number of sulfonamides is 1. The highest BCUT2D eigenvalue weighted by Crippen LogP contribution is 2.14. The van der Waals surface area contributed by atoms with E-state index in [9.17, 15) is 13.2 Å². The summed E-state index contributed by atoms with van der Waals surface area (Å²) in [6.45, 7) is 1.66. The number of nitrogens with two attached hydrogens (primary N) is 1. The van der Waals surface area contributed by atoms with Gasteiger partial charge in [-0.3, -0.25) is 4.79 Å². The molecule has 0 aromatic heterocycles. The second-order valence-electron chi connectivity index (χ2n) is 3.74. The SMILES string of the molecule is CC(=O)NCCNS(=O)(=O)c1ccccc1C(N)=S. The molecule has 1 amide bonds. The van der Waals surface area contributed by atoms with Gasteiger partial charge in [0.2, 0.25) is 15.9 Å². The third-order valence-corrected chi connectivity index (χ3v) is 3.97. The van der Waals surface area contributed by atoms with Gasteiger partial charge in [0.25, 0.3) is 0 Å². The Morgan fingerprint density at radius 3 is 2.53 bits per heavy atom. The molecule has 0 heterocycles. The molecule has 4 N–H and O–H groups in total. The number of nitrogens with one attached hydrogen (secondary N) is 2. The van der Waals surface area contributed by atoms with Crippen LogP contribution in [-0.2, 0) is 14.8 Å². The van der Waals surface area contributed by atoms with E-state index in [2.05, 4.69) is 10.0 Å². The second-order valence-corrected chi connectivity index (χ2v) is 5.92. The Morgan fingerprint density at radius 2 is 1.95 bits per heavy atom. The molecule has 0 aliphatic heterocycles. The van der Waals surface area contributed by atoms with Crippen LogP contribution < -0.4 is 15.8 Å². The molecule has 0 unspecified atom stereocenters. The summed E-state index contributed by atoms with van der Waals surface area (Å²) in [5.41, 5.74) is 5.78. The van der Waals surface area contributed by atoms with Crippen LogP contribution in [0.3, 0.4) is 0 Å². The Labute approximate surface area is 117 Å². The Kier molecular flexibility index (Phi) is 5.40. The first kappa shape index (κ1) is 15.5. The molecule has 0 radical (unpaired) electrons. The van der Waals surface area contributed by atoms with Crippen molar-refractivity contribution in [2.45, 2.75) is 11.8 Å². The first-order valence-corrected chi connectivity index (χ1v) is 7.36. The standard InChI is InChI=1S/C11H15N3O3S2/c1-8(15)13-6-7-14-19(16,17)10-5-3-2-4-9(10)11(12)18/h2-5,14H,6-7H2,1H3,(H2,12,18)(H,13,15). The van der Waals surface area contributed by atoms with Gasteiger partial charge in [-0.05, 0) is 6.07 Å². The van der Waals surface area contributed by atoms with Crippen molar-refractivity contribution in [3.63, 3.8) is 0 Å². The molecule has 1 rings (SSSR count). The monoisotopic (exact) mass is 301 g/mol. The van der Waals surface area contributed by atoms with Crippen molar-refractivity contribution in [3.8, 4) is 0 Å². The maximum Gasteiger partial charge on any atom is 0.241 e. The van der Waals surface area contributed by atoms with Crippen molar-refractivity contribution in [1.29, 1.82) is 0 Å².